The van der Waals surface area contributed by atoms with Crippen LogP contribution in [0, 0.1) is 3.57 Å². The van der Waals surface area contributed by atoms with E-state index in [-0.39, 0.29) is 0 Å². The van der Waals surface area contributed by atoms with Crippen molar-refractivity contribution in [3.05, 3.63) is 27.8 Å². The van der Waals surface area contributed by atoms with E-state index in [0.29, 0.717) is 0 Å². The highest BCUT2D eigenvalue weighted by atomic mass is 127. The maximum absolute atomic E-state index is 2.47. The molecule has 2 rings (SSSR count). The predicted octanol–water partition coefficient (Wildman–Crippen LogP) is 2.04. The second-order valence-corrected chi connectivity index (χ2v) is 4.90. The molecule has 1 aliphatic heterocycles. The number of nitrogens with zero attached hydrogens (tertiary/aromatic N) is 2. The average Bonchev–Trinajstić information content (AvgIpc) is 2.20. The molecule has 0 N–H and O–H groups in total. The molecule has 0 bridgehead atoms. The van der Waals surface area contributed by atoms with Crippen LogP contribution < -0.4 is 4.90 Å². The van der Waals surface area contributed by atoms with Gasteiger partial charge in [0.1, 0.15) is 0 Å². The van der Waals surface area contributed by atoms with Crippen LogP contribution >= 0.6 is 22.6 Å². The maximum Gasteiger partial charge on any atom is 0.0502 e. The van der Waals surface area contributed by atoms with Crippen LogP contribution in [0.2, 0.25) is 0 Å². The molecule has 0 atom stereocenters. The molecule has 2 nitrogen and oxygen atoms in total. The molecule has 3 heteroatoms. The maximum atomic E-state index is 2.47. The molecule has 1 heterocycles. The van der Waals surface area contributed by atoms with Gasteiger partial charge >= 0.3 is 0 Å². The number of rotatable bonds is 1. The molecule has 0 aliphatic carbocycles. The lowest BCUT2D eigenvalue weighted by molar-refractivity contribution is 0.312. The smallest absolute Gasteiger partial charge is 0.0502 e. The monoisotopic (exact) mass is 302 g/mol. The zero-order valence-corrected chi connectivity index (χ0v) is 10.6. The third-order valence-corrected chi connectivity index (χ3v) is 3.61. The van der Waals surface area contributed by atoms with Crippen molar-refractivity contribution in [2.75, 3.05) is 38.1 Å². The largest absolute Gasteiger partial charge is 0.368 e. The van der Waals surface area contributed by atoms with Crippen LogP contribution in [-0.2, 0) is 0 Å². The molecule has 14 heavy (non-hydrogen) atoms. The molecule has 0 radical (unpaired) electrons. The van der Waals surface area contributed by atoms with E-state index in [1.54, 1.807) is 0 Å². The fourth-order valence-electron chi connectivity index (χ4n) is 1.76. The number of likely N-dealkylation sites (N-methyl/N-ethyl adjacent to an activating group) is 1. The van der Waals surface area contributed by atoms with Crippen LogP contribution in [0.15, 0.2) is 24.3 Å². The van der Waals surface area contributed by atoms with Crippen molar-refractivity contribution in [3.63, 3.8) is 0 Å². The minimum atomic E-state index is 1.15. The summed E-state index contributed by atoms with van der Waals surface area (Å²) in [6.07, 6.45) is 0. The lowest BCUT2D eigenvalue weighted by atomic mass is 10.2. The van der Waals surface area contributed by atoms with Crippen molar-refractivity contribution < 1.29 is 0 Å². The SMILES string of the molecule is CN1CCN(c2ccccc2I)CC1. The molecule has 76 valence electrons. The summed E-state index contributed by atoms with van der Waals surface area (Å²) >= 11 is 2.41. The standard InChI is InChI=1S/C11H15IN2/c1-13-6-8-14(9-7-13)11-5-3-2-4-10(11)12/h2-5H,6-9H2,1H3. The number of benzene rings is 1. The molecule has 1 aromatic carbocycles. The van der Waals surface area contributed by atoms with Gasteiger partial charge in [0.25, 0.3) is 0 Å². The topological polar surface area (TPSA) is 6.48 Å². The van der Waals surface area contributed by atoms with E-state index in [4.69, 9.17) is 0 Å². The van der Waals surface area contributed by atoms with Gasteiger partial charge in [0, 0.05) is 29.7 Å². The summed E-state index contributed by atoms with van der Waals surface area (Å²) in [7, 11) is 2.19. The van der Waals surface area contributed by atoms with Gasteiger partial charge in [-0.3, -0.25) is 0 Å². The van der Waals surface area contributed by atoms with Gasteiger partial charge < -0.3 is 9.80 Å². The summed E-state index contributed by atoms with van der Waals surface area (Å²) in [5, 5.41) is 0. The minimum absolute atomic E-state index is 1.15. The summed E-state index contributed by atoms with van der Waals surface area (Å²) in [6, 6.07) is 8.61. The Bertz CT molecular complexity index is 306. The minimum Gasteiger partial charge on any atom is -0.368 e. The van der Waals surface area contributed by atoms with Crippen LogP contribution in [0.25, 0.3) is 0 Å². The van der Waals surface area contributed by atoms with E-state index in [9.17, 15) is 0 Å². The highest BCUT2D eigenvalue weighted by molar-refractivity contribution is 14.1. The zero-order chi connectivity index (χ0) is 9.97. The van der Waals surface area contributed by atoms with Crippen LogP contribution in [0.1, 0.15) is 0 Å². The Kier molecular flexibility index (Phi) is 3.28. The van der Waals surface area contributed by atoms with E-state index in [1.807, 2.05) is 0 Å². The number of piperazine rings is 1. The average molecular weight is 302 g/mol. The Morgan fingerprint density at radius 2 is 1.71 bits per heavy atom. The molecule has 0 aromatic heterocycles. The lowest BCUT2D eigenvalue weighted by Gasteiger charge is -2.34. The van der Waals surface area contributed by atoms with Crippen LogP contribution in [0.5, 0.6) is 0 Å². The Balaban J connectivity index is 2.12. The Morgan fingerprint density at radius 1 is 1.07 bits per heavy atom. The number of para-hydroxylation sites is 1. The van der Waals surface area contributed by atoms with Gasteiger partial charge in [-0.2, -0.15) is 0 Å². The third kappa shape index (κ3) is 2.20. The molecule has 1 aliphatic rings. The van der Waals surface area contributed by atoms with Gasteiger partial charge in [-0.25, -0.2) is 0 Å². The second-order valence-electron chi connectivity index (χ2n) is 3.74. The van der Waals surface area contributed by atoms with E-state index in [0.717, 1.165) is 13.1 Å². The zero-order valence-electron chi connectivity index (χ0n) is 8.41. The molecule has 1 fully saturated rings. The number of anilines is 1. The summed E-state index contributed by atoms with van der Waals surface area (Å²) in [5.74, 6) is 0. The van der Waals surface area contributed by atoms with Gasteiger partial charge in [0.2, 0.25) is 0 Å². The van der Waals surface area contributed by atoms with Gasteiger partial charge in [-0.05, 0) is 41.8 Å². The van der Waals surface area contributed by atoms with E-state index in [1.165, 1.54) is 22.3 Å². The number of hydrogen-bond acceptors (Lipinski definition) is 2. The van der Waals surface area contributed by atoms with Crippen molar-refractivity contribution in [2.24, 2.45) is 0 Å². The van der Waals surface area contributed by atoms with Crippen molar-refractivity contribution in [2.45, 2.75) is 0 Å². The normalized spacial score (nSPS) is 18.6. The first-order valence-electron chi connectivity index (χ1n) is 4.95. The third-order valence-electron chi connectivity index (χ3n) is 2.70. The lowest BCUT2D eigenvalue weighted by Crippen LogP contribution is -2.44. The van der Waals surface area contributed by atoms with E-state index >= 15 is 0 Å². The Hall–Kier alpha value is -0.290. The highest BCUT2D eigenvalue weighted by Crippen LogP contribution is 2.22. The molecular formula is C11H15IN2. The number of halogens is 1. The molecular weight excluding hydrogens is 287 g/mol. The first-order valence-corrected chi connectivity index (χ1v) is 6.03. The quantitative estimate of drug-likeness (QED) is 0.733. The van der Waals surface area contributed by atoms with Gasteiger partial charge in [-0.1, -0.05) is 12.1 Å². The first-order chi connectivity index (χ1) is 6.77. The predicted molar refractivity (Wildman–Crippen MR) is 68.9 cm³/mol. The summed E-state index contributed by atoms with van der Waals surface area (Å²) in [5.41, 5.74) is 1.39. The van der Waals surface area contributed by atoms with Crippen LogP contribution in [0.4, 0.5) is 5.69 Å². The van der Waals surface area contributed by atoms with Crippen LogP contribution in [-0.4, -0.2) is 38.1 Å². The van der Waals surface area contributed by atoms with Gasteiger partial charge in [0.15, 0.2) is 0 Å². The summed E-state index contributed by atoms with van der Waals surface area (Å²) in [6.45, 7) is 4.64. The molecule has 0 saturated carbocycles. The van der Waals surface area contributed by atoms with Crippen LogP contribution in [0.3, 0.4) is 0 Å². The van der Waals surface area contributed by atoms with Crippen molar-refractivity contribution >= 4 is 28.3 Å². The summed E-state index contributed by atoms with van der Waals surface area (Å²) in [4.78, 5) is 4.86. The van der Waals surface area contributed by atoms with Gasteiger partial charge in [0.05, 0.1) is 5.69 Å². The van der Waals surface area contributed by atoms with E-state index < -0.39 is 0 Å². The highest BCUT2D eigenvalue weighted by Gasteiger charge is 2.15. The summed E-state index contributed by atoms with van der Waals surface area (Å²) < 4.78 is 1.36. The first kappa shape index (κ1) is 10.2. The van der Waals surface area contributed by atoms with Crippen molar-refractivity contribution in [3.8, 4) is 0 Å². The number of hydrogen-bond donors (Lipinski definition) is 0. The van der Waals surface area contributed by atoms with Crippen molar-refractivity contribution in [1.82, 2.24) is 4.90 Å². The molecule has 0 spiro atoms. The fraction of sp³-hybridized carbons (Fsp3) is 0.455. The Morgan fingerprint density at radius 3 is 2.36 bits per heavy atom. The van der Waals surface area contributed by atoms with E-state index in [2.05, 4.69) is 63.7 Å². The molecule has 0 amide bonds. The second kappa shape index (κ2) is 4.49. The molecule has 1 aromatic rings. The molecule has 0 unspecified atom stereocenters. The fourth-order valence-corrected chi connectivity index (χ4v) is 2.48. The Labute approximate surface area is 99.0 Å². The molecule has 1 saturated heterocycles. The van der Waals surface area contributed by atoms with Gasteiger partial charge in [-0.15, -0.1) is 0 Å². The van der Waals surface area contributed by atoms with Crippen molar-refractivity contribution in [1.29, 1.82) is 0 Å².